The molecule has 0 spiro atoms. The molecule has 2 heteroatoms. The molecule has 0 aromatic heterocycles. The molecule has 0 unspecified atom stereocenters. The fourth-order valence-electron chi connectivity index (χ4n) is 2.33. The number of hydrogen-bond acceptors (Lipinski definition) is 2. The molecule has 0 amide bonds. The van der Waals surface area contributed by atoms with Crippen molar-refractivity contribution in [3.63, 3.8) is 0 Å². The van der Waals surface area contributed by atoms with Crippen molar-refractivity contribution >= 4 is 6.08 Å². The minimum absolute atomic E-state index is 0.628. The van der Waals surface area contributed by atoms with Gasteiger partial charge in [-0.15, -0.1) is 0 Å². The maximum atomic E-state index is 9.08. The van der Waals surface area contributed by atoms with Crippen molar-refractivity contribution in [1.82, 2.24) is 0 Å². The summed E-state index contributed by atoms with van der Waals surface area (Å²) in [4.78, 5) is 0. The van der Waals surface area contributed by atoms with Gasteiger partial charge in [0.15, 0.2) is 0 Å². The average molecular weight is 225 g/mol. The smallest absolute Gasteiger partial charge is 0.0994 e. The Bertz CT molecular complexity index is 498. The van der Waals surface area contributed by atoms with Crippen LogP contribution >= 0.6 is 0 Å². The van der Waals surface area contributed by atoms with Gasteiger partial charge in [0, 0.05) is 0 Å². The van der Waals surface area contributed by atoms with Crippen LogP contribution in [0, 0.1) is 11.3 Å². The minimum atomic E-state index is 0.628. The Balaban J connectivity index is 1.93. The van der Waals surface area contributed by atoms with Gasteiger partial charge in [0.2, 0.25) is 0 Å². The summed E-state index contributed by atoms with van der Waals surface area (Å²) in [5.41, 5.74) is 4.65. The van der Waals surface area contributed by atoms with Gasteiger partial charge in [0.05, 0.1) is 24.8 Å². The summed E-state index contributed by atoms with van der Waals surface area (Å²) in [6.45, 7) is 1.61. The van der Waals surface area contributed by atoms with Crippen LogP contribution in [-0.4, -0.2) is 13.2 Å². The molecule has 0 atom stereocenters. The van der Waals surface area contributed by atoms with E-state index in [0.29, 0.717) is 5.92 Å². The van der Waals surface area contributed by atoms with Crippen LogP contribution in [0.15, 0.2) is 23.8 Å². The monoisotopic (exact) mass is 225 g/mol. The number of nitrogens with zero attached hydrogens (tertiary/aromatic N) is 1. The van der Waals surface area contributed by atoms with Crippen molar-refractivity contribution in [1.29, 1.82) is 5.26 Å². The Morgan fingerprint density at radius 2 is 2.24 bits per heavy atom. The normalized spacial score (nSPS) is 21.7. The van der Waals surface area contributed by atoms with E-state index in [4.69, 9.17) is 10.00 Å². The van der Waals surface area contributed by atoms with E-state index in [9.17, 15) is 0 Å². The van der Waals surface area contributed by atoms with Gasteiger partial charge in [0.25, 0.3) is 0 Å². The summed E-state index contributed by atoms with van der Waals surface area (Å²) in [7, 11) is 0. The summed E-state index contributed by atoms with van der Waals surface area (Å²) in [5.74, 6) is 0.628. The average Bonchev–Trinajstić information content (AvgIpc) is 3.08. The van der Waals surface area contributed by atoms with Crippen LogP contribution in [0.4, 0.5) is 0 Å². The standard InChI is InChI=1S/C15H15NO/c16-9-14-2-1-11(7-12-5-6-17-10-12)8-15(14)13-3-4-13/h1-2,7-8,13H,3-6,10H2/b12-7-. The lowest BCUT2D eigenvalue weighted by Crippen LogP contribution is -1.89. The zero-order valence-electron chi connectivity index (χ0n) is 9.78. The number of benzene rings is 1. The van der Waals surface area contributed by atoms with Crippen LogP contribution in [-0.2, 0) is 4.74 Å². The van der Waals surface area contributed by atoms with E-state index in [1.807, 2.05) is 12.1 Å². The van der Waals surface area contributed by atoms with Gasteiger partial charge in [-0.3, -0.25) is 0 Å². The predicted octanol–water partition coefficient (Wildman–Crippen LogP) is 3.24. The highest BCUT2D eigenvalue weighted by Crippen LogP contribution is 2.42. The van der Waals surface area contributed by atoms with Crippen LogP contribution < -0.4 is 0 Å². The van der Waals surface area contributed by atoms with E-state index >= 15 is 0 Å². The molecular formula is C15H15NO. The predicted molar refractivity (Wildman–Crippen MR) is 66.5 cm³/mol. The first-order chi connectivity index (χ1) is 8.36. The molecule has 1 saturated heterocycles. The molecule has 86 valence electrons. The van der Waals surface area contributed by atoms with E-state index in [0.717, 1.165) is 25.2 Å². The molecule has 2 aliphatic rings. The molecule has 2 fully saturated rings. The summed E-state index contributed by atoms with van der Waals surface area (Å²) in [6.07, 6.45) is 5.72. The summed E-state index contributed by atoms with van der Waals surface area (Å²) in [6, 6.07) is 8.47. The molecule has 1 aliphatic carbocycles. The summed E-state index contributed by atoms with van der Waals surface area (Å²) < 4.78 is 5.34. The Hall–Kier alpha value is -1.59. The van der Waals surface area contributed by atoms with Crippen LogP contribution in [0.2, 0.25) is 0 Å². The molecule has 1 heterocycles. The molecule has 1 aromatic rings. The third kappa shape index (κ3) is 2.25. The molecule has 0 radical (unpaired) electrons. The highest BCUT2D eigenvalue weighted by molar-refractivity contribution is 5.58. The fraction of sp³-hybridized carbons (Fsp3) is 0.400. The van der Waals surface area contributed by atoms with E-state index in [2.05, 4.69) is 18.2 Å². The van der Waals surface area contributed by atoms with Crippen molar-refractivity contribution < 1.29 is 4.74 Å². The molecular weight excluding hydrogens is 210 g/mol. The zero-order valence-corrected chi connectivity index (χ0v) is 9.78. The quantitative estimate of drug-likeness (QED) is 0.774. The Morgan fingerprint density at radius 3 is 2.88 bits per heavy atom. The zero-order chi connectivity index (χ0) is 11.7. The van der Waals surface area contributed by atoms with Crippen LogP contribution in [0.1, 0.15) is 41.9 Å². The molecule has 2 nitrogen and oxygen atoms in total. The van der Waals surface area contributed by atoms with Crippen LogP contribution in [0.5, 0.6) is 0 Å². The molecule has 3 rings (SSSR count). The number of rotatable bonds is 2. The minimum Gasteiger partial charge on any atom is -0.377 e. The molecule has 0 N–H and O–H groups in total. The van der Waals surface area contributed by atoms with Gasteiger partial charge in [-0.05, 0) is 47.9 Å². The highest BCUT2D eigenvalue weighted by atomic mass is 16.5. The maximum Gasteiger partial charge on any atom is 0.0994 e. The molecule has 1 aromatic carbocycles. The van der Waals surface area contributed by atoms with E-state index in [1.165, 1.54) is 29.5 Å². The molecule has 1 aliphatic heterocycles. The first kappa shape index (κ1) is 10.6. The number of hydrogen-bond donors (Lipinski definition) is 0. The van der Waals surface area contributed by atoms with E-state index in [-0.39, 0.29) is 0 Å². The lowest BCUT2D eigenvalue weighted by atomic mass is 9.99. The van der Waals surface area contributed by atoms with Crippen molar-refractivity contribution in [2.75, 3.05) is 13.2 Å². The van der Waals surface area contributed by atoms with E-state index < -0.39 is 0 Å². The van der Waals surface area contributed by atoms with Crippen LogP contribution in [0.25, 0.3) is 6.08 Å². The van der Waals surface area contributed by atoms with Crippen LogP contribution in [0.3, 0.4) is 0 Å². The number of nitriles is 1. The molecule has 0 bridgehead atoms. The maximum absolute atomic E-state index is 9.08. The Morgan fingerprint density at radius 1 is 1.35 bits per heavy atom. The van der Waals surface area contributed by atoms with Crippen molar-refractivity contribution in [3.05, 3.63) is 40.5 Å². The fourth-order valence-corrected chi connectivity index (χ4v) is 2.33. The third-order valence-electron chi connectivity index (χ3n) is 3.44. The van der Waals surface area contributed by atoms with Crippen molar-refractivity contribution in [2.45, 2.75) is 25.2 Å². The molecule has 17 heavy (non-hydrogen) atoms. The van der Waals surface area contributed by atoms with Crippen molar-refractivity contribution in [3.8, 4) is 6.07 Å². The first-order valence-electron chi connectivity index (χ1n) is 6.18. The first-order valence-corrected chi connectivity index (χ1v) is 6.18. The summed E-state index contributed by atoms with van der Waals surface area (Å²) in [5, 5.41) is 9.08. The lowest BCUT2D eigenvalue weighted by Gasteiger charge is -2.04. The highest BCUT2D eigenvalue weighted by Gasteiger charge is 2.26. The topological polar surface area (TPSA) is 33.0 Å². The second-order valence-corrected chi connectivity index (χ2v) is 4.84. The van der Waals surface area contributed by atoms with Gasteiger partial charge in [0.1, 0.15) is 0 Å². The number of ether oxygens (including phenoxy) is 1. The van der Waals surface area contributed by atoms with Gasteiger partial charge in [-0.2, -0.15) is 5.26 Å². The Kier molecular flexibility index (Phi) is 2.70. The van der Waals surface area contributed by atoms with Gasteiger partial charge in [-0.1, -0.05) is 18.2 Å². The third-order valence-corrected chi connectivity index (χ3v) is 3.44. The van der Waals surface area contributed by atoms with Gasteiger partial charge >= 0.3 is 0 Å². The van der Waals surface area contributed by atoms with Gasteiger partial charge < -0.3 is 4.74 Å². The van der Waals surface area contributed by atoms with E-state index in [1.54, 1.807) is 0 Å². The van der Waals surface area contributed by atoms with Gasteiger partial charge in [-0.25, -0.2) is 0 Å². The molecule has 1 saturated carbocycles. The second kappa shape index (κ2) is 4.35. The second-order valence-electron chi connectivity index (χ2n) is 4.84. The largest absolute Gasteiger partial charge is 0.377 e. The summed E-state index contributed by atoms with van der Waals surface area (Å²) >= 11 is 0. The van der Waals surface area contributed by atoms with Crippen molar-refractivity contribution in [2.24, 2.45) is 0 Å². The SMILES string of the molecule is N#Cc1ccc(/C=C2/CCOC2)cc1C1CC1. The lowest BCUT2D eigenvalue weighted by molar-refractivity contribution is 0.205. The Labute approximate surface area is 102 Å².